The van der Waals surface area contributed by atoms with Crippen LogP contribution in [0.4, 0.5) is 13.2 Å². The number of aliphatic hydroxyl groups is 1. The maximum absolute atomic E-state index is 12.6. The third kappa shape index (κ3) is 7.37. The second kappa shape index (κ2) is 11.1. The monoisotopic (exact) mass is 493 g/mol. The lowest BCUT2D eigenvalue weighted by atomic mass is 10.1. The number of nitrogens with zero attached hydrogens (tertiary/aromatic N) is 1. The maximum Gasteiger partial charge on any atom is 0.416 e. The van der Waals surface area contributed by atoms with Gasteiger partial charge in [0.05, 0.1) is 18.7 Å². The van der Waals surface area contributed by atoms with Crippen molar-refractivity contribution in [1.29, 1.82) is 0 Å². The summed E-state index contributed by atoms with van der Waals surface area (Å²) >= 11 is 0. The van der Waals surface area contributed by atoms with Crippen molar-refractivity contribution in [2.24, 2.45) is 4.99 Å². The number of halogens is 4. The summed E-state index contributed by atoms with van der Waals surface area (Å²) in [4.78, 5) is 4.40. The highest BCUT2D eigenvalue weighted by Gasteiger charge is 2.29. The van der Waals surface area contributed by atoms with Gasteiger partial charge in [-0.25, -0.2) is 4.99 Å². The normalized spacial score (nSPS) is 11.7. The standard InChI is InChI=1S/C19H22F3N3O.HI/c1-2-23-18(25-12-15-5-3-4-6-16(15)13-26)24-11-14-7-9-17(10-8-14)19(20,21)22;/h3-10,26H,2,11-13H2,1H3,(H2,23,24,25);1H. The van der Waals surface area contributed by atoms with Gasteiger partial charge in [-0.2, -0.15) is 13.2 Å². The van der Waals surface area contributed by atoms with Gasteiger partial charge in [0, 0.05) is 13.1 Å². The summed E-state index contributed by atoms with van der Waals surface area (Å²) < 4.78 is 37.8. The van der Waals surface area contributed by atoms with Crippen molar-refractivity contribution in [3.63, 3.8) is 0 Å². The second-order valence-corrected chi connectivity index (χ2v) is 5.67. The fourth-order valence-corrected chi connectivity index (χ4v) is 2.37. The Kier molecular flexibility index (Phi) is 9.57. The molecule has 0 spiro atoms. The van der Waals surface area contributed by atoms with E-state index in [9.17, 15) is 18.3 Å². The van der Waals surface area contributed by atoms with E-state index in [4.69, 9.17) is 0 Å². The summed E-state index contributed by atoms with van der Waals surface area (Å²) in [6.07, 6.45) is -4.33. The van der Waals surface area contributed by atoms with Gasteiger partial charge in [0.2, 0.25) is 0 Å². The minimum Gasteiger partial charge on any atom is -0.392 e. The number of aliphatic hydroxyl groups excluding tert-OH is 1. The minimum atomic E-state index is -4.33. The van der Waals surface area contributed by atoms with Crippen LogP contribution in [0.25, 0.3) is 0 Å². The molecule has 27 heavy (non-hydrogen) atoms. The van der Waals surface area contributed by atoms with E-state index >= 15 is 0 Å². The van der Waals surface area contributed by atoms with E-state index in [1.54, 1.807) is 0 Å². The number of hydrogen-bond donors (Lipinski definition) is 3. The van der Waals surface area contributed by atoms with E-state index < -0.39 is 11.7 Å². The van der Waals surface area contributed by atoms with Crippen LogP contribution >= 0.6 is 24.0 Å². The molecule has 2 aromatic carbocycles. The van der Waals surface area contributed by atoms with Crippen molar-refractivity contribution in [3.8, 4) is 0 Å². The van der Waals surface area contributed by atoms with Crippen molar-refractivity contribution in [2.75, 3.05) is 6.54 Å². The Labute approximate surface area is 173 Å². The summed E-state index contributed by atoms with van der Waals surface area (Å²) in [5, 5.41) is 15.6. The Morgan fingerprint density at radius 2 is 1.63 bits per heavy atom. The predicted molar refractivity (Wildman–Crippen MR) is 111 cm³/mol. The van der Waals surface area contributed by atoms with Crippen LogP contribution in [-0.4, -0.2) is 17.6 Å². The first-order valence-corrected chi connectivity index (χ1v) is 8.30. The molecule has 4 nitrogen and oxygen atoms in total. The highest BCUT2D eigenvalue weighted by molar-refractivity contribution is 14.0. The van der Waals surface area contributed by atoms with Crippen LogP contribution in [0.1, 0.15) is 29.2 Å². The molecular formula is C19H23F3IN3O. The van der Waals surface area contributed by atoms with Crippen molar-refractivity contribution < 1.29 is 18.3 Å². The van der Waals surface area contributed by atoms with Gasteiger partial charge in [0.1, 0.15) is 0 Å². The van der Waals surface area contributed by atoms with Gasteiger partial charge in [-0.05, 0) is 35.7 Å². The molecule has 0 radical (unpaired) electrons. The van der Waals surface area contributed by atoms with Crippen LogP contribution in [0.2, 0.25) is 0 Å². The van der Waals surface area contributed by atoms with Crippen LogP contribution in [0.3, 0.4) is 0 Å². The minimum absolute atomic E-state index is 0. The van der Waals surface area contributed by atoms with E-state index in [1.165, 1.54) is 12.1 Å². The van der Waals surface area contributed by atoms with Crippen LogP contribution < -0.4 is 10.6 Å². The smallest absolute Gasteiger partial charge is 0.392 e. The quantitative estimate of drug-likeness (QED) is 0.323. The molecule has 0 amide bonds. The molecule has 0 aromatic heterocycles. The van der Waals surface area contributed by atoms with E-state index in [2.05, 4.69) is 15.6 Å². The van der Waals surface area contributed by atoms with Gasteiger partial charge in [-0.15, -0.1) is 24.0 Å². The number of nitrogens with one attached hydrogen (secondary N) is 2. The van der Waals surface area contributed by atoms with Crippen LogP contribution in [-0.2, 0) is 25.9 Å². The zero-order valence-corrected chi connectivity index (χ0v) is 17.2. The zero-order chi connectivity index (χ0) is 19.0. The van der Waals surface area contributed by atoms with Crippen LogP contribution in [0.15, 0.2) is 53.5 Å². The average molecular weight is 493 g/mol. The van der Waals surface area contributed by atoms with Gasteiger partial charge in [-0.1, -0.05) is 36.4 Å². The molecule has 2 aromatic rings. The second-order valence-electron chi connectivity index (χ2n) is 5.67. The van der Waals surface area contributed by atoms with Gasteiger partial charge in [0.25, 0.3) is 0 Å². The lowest BCUT2D eigenvalue weighted by Gasteiger charge is -2.13. The zero-order valence-electron chi connectivity index (χ0n) is 14.9. The van der Waals surface area contributed by atoms with Gasteiger partial charge in [-0.3, -0.25) is 0 Å². The molecule has 0 unspecified atom stereocenters. The summed E-state index contributed by atoms with van der Waals surface area (Å²) in [6, 6.07) is 12.5. The topological polar surface area (TPSA) is 56.7 Å². The molecule has 0 atom stereocenters. The maximum atomic E-state index is 12.6. The van der Waals surface area contributed by atoms with Gasteiger partial charge in [0.15, 0.2) is 5.96 Å². The van der Waals surface area contributed by atoms with E-state index in [-0.39, 0.29) is 37.1 Å². The largest absolute Gasteiger partial charge is 0.416 e. The highest BCUT2D eigenvalue weighted by Crippen LogP contribution is 2.29. The molecule has 2 rings (SSSR count). The van der Waals surface area contributed by atoms with E-state index in [1.807, 2.05) is 31.2 Å². The molecule has 8 heteroatoms. The number of aliphatic imine (C=N–C) groups is 1. The van der Waals surface area contributed by atoms with Crippen LogP contribution in [0, 0.1) is 0 Å². The Morgan fingerprint density at radius 3 is 2.19 bits per heavy atom. The third-order valence-corrected chi connectivity index (χ3v) is 3.78. The third-order valence-electron chi connectivity index (χ3n) is 3.78. The fourth-order valence-electron chi connectivity index (χ4n) is 2.37. The molecule has 0 heterocycles. The van der Waals surface area contributed by atoms with Crippen molar-refractivity contribution in [2.45, 2.75) is 32.8 Å². The van der Waals surface area contributed by atoms with Gasteiger partial charge >= 0.3 is 6.18 Å². The number of benzene rings is 2. The molecule has 148 valence electrons. The van der Waals surface area contributed by atoms with Gasteiger partial charge < -0.3 is 15.7 Å². The molecule has 0 bridgehead atoms. The van der Waals surface area contributed by atoms with Crippen molar-refractivity contribution in [1.82, 2.24) is 10.6 Å². The Hall–Kier alpha value is -1.81. The fraction of sp³-hybridized carbons (Fsp3) is 0.316. The Bertz CT molecular complexity index is 734. The first kappa shape index (κ1) is 23.2. The molecule has 0 aliphatic rings. The number of guanidine groups is 1. The Morgan fingerprint density at radius 1 is 1.00 bits per heavy atom. The SMILES string of the molecule is CCNC(=NCc1ccc(C(F)(F)F)cc1)NCc1ccccc1CO.I. The summed E-state index contributed by atoms with van der Waals surface area (Å²) in [6.45, 7) is 3.28. The number of alkyl halides is 3. The molecule has 0 aliphatic heterocycles. The van der Waals surface area contributed by atoms with Crippen LogP contribution in [0.5, 0.6) is 0 Å². The molecule has 0 saturated carbocycles. The first-order chi connectivity index (χ1) is 12.4. The van der Waals surface area contributed by atoms with Crippen molar-refractivity contribution >= 4 is 29.9 Å². The lowest BCUT2D eigenvalue weighted by Crippen LogP contribution is -2.37. The summed E-state index contributed by atoms with van der Waals surface area (Å²) in [5.41, 5.74) is 1.80. The lowest BCUT2D eigenvalue weighted by molar-refractivity contribution is -0.137. The van der Waals surface area contributed by atoms with E-state index in [0.717, 1.165) is 23.3 Å². The average Bonchev–Trinajstić information content (AvgIpc) is 2.64. The predicted octanol–water partition coefficient (Wildman–Crippen LogP) is 4.07. The molecular weight excluding hydrogens is 470 g/mol. The van der Waals surface area contributed by atoms with Crippen molar-refractivity contribution in [3.05, 3.63) is 70.8 Å². The van der Waals surface area contributed by atoms with E-state index in [0.29, 0.717) is 24.6 Å². The highest BCUT2D eigenvalue weighted by atomic mass is 127. The number of hydrogen-bond acceptors (Lipinski definition) is 2. The summed E-state index contributed by atoms with van der Waals surface area (Å²) in [5.74, 6) is 0.556. The molecule has 0 aliphatic carbocycles. The molecule has 0 fully saturated rings. The Balaban J connectivity index is 0.00000364. The molecule has 3 N–H and O–H groups in total. The summed E-state index contributed by atoms with van der Waals surface area (Å²) in [7, 11) is 0. The first-order valence-electron chi connectivity index (χ1n) is 8.30. The number of rotatable bonds is 6. The molecule has 0 saturated heterocycles.